The zero-order valence-electron chi connectivity index (χ0n) is 23.7. The minimum atomic E-state index is -1.22. The van der Waals surface area contributed by atoms with Gasteiger partial charge in [0.15, 0.2) is 11.5 Å². The van der Waals surface area contributed by atoms with Crippen LogP contribution in [0.5, 0.6) is 23.1 Å². The highest BCUT2D eigenvalue weighted by molar-refractivity contribution is 9.10. The molecule has 1 aliphatic rings. The van der Waals surface area contributed by atoms with Crippen LogP contribution in [0.1, 0.15) is 37.8 Å². The molecule has 1 saturated heterocycles. The Bertz CT molecular complexity index is 1470. The van der Waals surface area contributed by atoms with Crippen molar-refractivity contribution in [1.29, 1.82) is 5.41 Å². The van der Waals surface area contributed by atoms with Gasteiger partial charge in [-0.05, 0) is 60.1 Å². The Morgan fingerprint density at radius 3 is 2.57 bits per heavy atom. The number of pyridine rings is 1. The molecule has 3 aromatic rings. The smallest absolute Gasteiger partial charge is 0.245 e. The van der Waals surface area contributed by atoms with Gasteiger partial charge in [-0.15, -0.1) is 0 Å². The van der Waals surface area contributed by atoms with Gasteiger partial charge in [-0.25, -0.2) is 4.98 Å². The highest BCUT2D eigenvalue weighted by Gasteiger charge is 2.26. The third-order valence-corrected chi connectivity index (χ3v) is 7.40. The third kappa shape index (κ3) is 7.19. The van der Waals surface area contributed by atoms with E-state index in [-0.39, 0.29) is 17.8 Å². The number of nitrogens with one attached hydrogen (secondary N) is 3. The molecule has 0 radical (unpaired) electrons. The molecule has 4 rings (SSSR count). The van der Waals surface area contributed by atoms with Gasteiger partial charge in [0.25, 0.3) is 0 Å². The van der Waals surface area contributed by atoms with Gasteiger partial charge in [0, 0.05) is 61.1 Å². The van der Waals surface area contributed by atoms with Crippen molar-refractivity contribution < 1.29 is 24.1 Å². The molecule has 1 aromatic heterocycles. The number of aliphatic hydroxyl groups is 1. The number of ether oxygens (including phenoxy) is 3. The SMILES string of the molecule is C=CC(=O)N1CCC(Oc2cc(C(=N)Nc3cc(Oc4ncccc4Br)ccc3C(C)(C)O)c(NN)cc2OC)CC1. The maximum absolute atomic E-state index is 12.0. The van der Waals surface area contributed by atoms with Crippen LogP contribution in [-0.4, -0.2) is 53.0 Å². The summed E-state index contributed by atoms with van der Waals surface area (Å²) in [6.45, 7) is 7.98. The molecule has 42 heavy (non-hydrogen) atoms. The molecule has 1 fully saturated rings. The van der Waals surface area contributed by atoms with Crippen molar-refractivity contribution in [2.24, 2.45) is 5.84 Å². The first-order valence-electron chi connectivity index (χ1n) is 13.3. The number of hydrogen-bond donors (Lipinski definition) is 5. The molecule has 0 atom stereocenters. The Morgan fingerprint density at radius 2 is 1.95 bits per heavy atom. The number of nitrogen functional groups attached to an aromatic ring is 1. The van der Waals surface area contributed by atoms with Crippen LogP contribution in [0, 0.1) is 5.41 Å². The van der Waals surface area contributed by atoms with Gasteiger partial charge >= 0.3 is 0 Å². The summed E-state index contributed by atoms with van der Waals surface area (Å²) in [4.78, 5) is 17.9. The van der Waals surface area contributed by atoms with Crippen LogP contribution in [0.3, 0.4) is 0 Å². The highest BCUT2D eigenvalue weighted by Crippen LogP contribution is 2.37. The molecule has 0 aliphatic carbocycles. The van der Waals surface area contributed by atoms with Crippen molar-refractivity contribution in [1.82, 2.24) is 9.88 Å². The van der Waals surface area contributed by atoms with Crippen LogP contribution in [0.15, 0.2) is 65.8 Å². The summed E-state index contributed by atoms with van der Waals surface area (Å²) in [5, 5.41) is 23.0. The summed E-state index contributed by atoms with van der Waals surface area (Å²) in [7, 11) is 1.53. The highest BCUT2D eigenvalue weighted by atomic mass is 79.9. The van der Waals surface area contributed by atoms with Gasteiger partial charge in [0.1, 0.15) is 17.7 Å². The van der Waals surface area contributed by atoms with E-state index in [0.717, 1.165) is 0 Å². The van der Waals surface area contributed by atoms with Crippen LogP contribution in [0.2, 0.25) is 0 Å². The van der Waals surface area contributed by atoms with E-state index in [2.05, 4.69) is 38.2 Å². The Morgan fingerprint density at radius 1 is 1.21 bits per heavy atom. The second-order valence-electron chi connectivity index (χ2n) is 10.2. The Kier molecular flexibility index (Phi) is 9.71. The van der Waals surface area contributed by atoms with Gasteiger partial charge in [0.05, 0.1) is 22.9 Å². The number of hydrogen-bond acceptors (Lipinski definition) is 9. The number of amidine groups is 1. The number of carbonyl (C=O) groups is 1. The summed E-state index contributed by atoms with van der Waals surface area (Å²) in [6, 6.07) is 12.1. The van der Waals surface area contributed by atoms with Gasteiger partial charge in [-0.2, -0.15) is 0 Å². The number of nitrogens with two attached hydrogens (primary N) is 1. The van der Waals surface area contributed by atoms with Crippen molar-refractivity contribution in [2.75, 3.05) is 30.9 Å². The number of nitrogens with zero attached hydrogens (tertiary/aromatic N) is 2. The lowest BCUT2D eigenvalue weighted by atomic mass is 9.96. The number of benzene rings is 2. The van der Waals surface area contributed by atoms with Crippen LogP contribution in [0.25, 0.3) is 0 Å². The molecule has 222 valence electrons. The molecule has 12 heteroatoms. The van der Waals surface area contributed by atoms with Crippen molar-refractivity contribution in [3.63, 3.8) is 0 Å². The van der Waals surface area contributed by atoms with Crippen molar-refractivity contribution in [3.8, 4) is 23.1 Å². The van der Waals surface area contributed by atoms with E-state index in [1.165, 1.54) is 13.2 Å². The molecule has 6 N–H and O–H groups in total. The average Bonchev–Trinajstić information content (AvgIpc) is 2.97. The Balaban J connectivity index is 1.62. The normalized spacial score (nSPS) is 13.7. The quantitative estimate of drug-likeness (QED) is 0.0666. The minimum absolute atomic E-state index is 0.0106. The average molecular weight is 640 g/mol. The second kappa shape index (κ2) is 13.2. The molecule has 11 nitrogen and oxygen atoms in total. The third-order valence-electron chi connectivity index (χ3n) is 6.80. The summed E-state index contributed by atoms with van der Waals surface area (Å²) in [5.41, 5.74) is 3.25. The number of amides is 1. The van der Waals surface area contributed by atoms with Crippen LogP contribution in [0.4, 0.5) is 11.4 Å². The van der Waals surface area contributed by atoms with Gasteiger partial charge in [-0.1, -0.05) is 12.6 Å². The summed E-state index contributed by atoms with van der Waals surface area (Å²) in [6.07, 6.45) is 4.06. The number of piperidine rings is 1. The van der Waals surface area contributed by atoms with E-state index in [1.54, 1.807) is 61.3 Å². The number of rotatable bonds is 10. The fourth-order valence-electron chi connectivity index (χ4n) is 4.62. The van der Waals surface area contributed by atoms with E-state index >= 15 is 0 Å². The zero-order valence-corrected chi connectivity index (χ0v) is 25.3. The summed E-state index contributed by atoms with van der Waals surface area (Å²) in [5.74, 6) is 7.43. The van der Waals surface area contributed by atoms with Crippen LogP contribution >= 0.6 is 15.9 Å². The molecular weight excluding hydrogens is 604 g/mol. The zero-order chi connectivity index (χ0) is 30.4. The second-order valence-corrected chi connectivity index (χ2v) is 11.1. The molecule has 2 aromatic carbocycles. The first-order valence-corrected chi connectivity index (χ1v) is 14.1. The first kappa shape index (κ1) is 30.8. The van der Waals surface area contributed by atoms with E-state index in [1.807, 2.05) is 6.07 Å². The standard InChI is InChI=1S/C30H35BrN6O5/c1-5-27(38)37-13-10-18(11-14-37)41-26-16-20(23(36-33)17-25(26)40-4)28(32)35-24-15-19(8-9-21(24)30(2,3)39)42-29-22(31)7-6-12-34-29/h5-9,12,15-18,36,39H,1,10-11,13-14,33H2,2-4H3,(H2,32,35). The van der Waals surface area contributed by atoms with E-state index in [9.17, 15) is 9.90 Å². The number of hydrazine groups is 1. The fourth-order valence-corrected chi connectivity index (χ4v) is 4.96. The first-order chi connectivity index (χ1) is 20.0. The van der Waals surface area contributed by atoms with E-state index in [4.69, 9.17) is 25.5 Å². The number of halogens is 1. The Labute approximate surface area is 253 Å². The van der Waals surface area contributed by atoms with Crippen molar-refractivity contribution in [3.05, 3.63) is 76.9 Å². The molecule has 0 saturated carbocycles. The molecule has 2 heterocycles. The van der Waals surface area contributed by atoms with E-state index in [0.29, 0.717) is 76.0 Å². The van der Waals surface area contributed by atoms with Crippen molar-refractivity contribution in [2.45, 2.75) is 38.4 Å². The van der Waals surface area contributed by atoms with E-state index < -0.39 is 5.60 Å². The van der Waals surface area contributed by atoms with Gasteiger partial charge in [0.2, 0.25) is 11.8 Å². The molecule has 0 bridgehead atoms. The lowest BCUT2D eigenvalue weighted by Crippen LogP contribution is -2.41. The number of methoxy groups -OCH3 is 1. The fraction of sp³-hybridized carbons (Fsp3) is 0.300. The van der Waals surface area contributed by atoms with Gasteiger partial charge < -0.3 is 35.0 Å². The summed E-state index contributed by atoms with van der Waals surface area (Å²) >= 11 is 3.43. The maximum Gasteiger partial charge on any atom is 0.245 e. The predicted octanol–water partition coefficient (Wildman–Crippen LogP) is 5.15. The number of likely N-dealkylation sites (tertiary alicyclic amines) is 1. The minimum Gasteiger partial charge on any atom is -0.493 e. The molecule has 1 amide bonds. The van der Waals surface area contributed by atoms with Gasteiger partial charge in [-0.3, -0.25) is 16.0 Å². The maximum atomic E-state index is 12.0. The molecule has 0 unspecified atom stereocenters. The Hall–Kier alpha value is -4.13. The number of carbonyl (C=O) groups excluding carboxylic acids is 1. The molecular formula is C30H35BrN6O5. The monoisotopic (exact) mass is 638 g/mol. The van der Waals surface area contributed by atoms with Crippen molar-refractivity contribution >= 4 is 39.0 Å². The molecule has 1 aliphatic heterocycles. The number of aromatic nitrogens is 1. The topological polar surface area (TPSA) is 155 Å². The molecule has 0 spiro atoms. The van der Waals surface area contributed by atoms with Crippen LogP contribution < -0.4 is 30.8 Å². The predicted molar refractivity (Wildman–Crippen MR) is 165 cm³/mol. The number of anilines is 2. The summed E-state index contributed by atoms with van der Waals surface area (Å²) < 4.78 is 18.5. The lowest BCUT2D eigenvalue weighted by molar-refractivity contribution is -0.127. The lowest BCUT2D eigenvalue weighted by Gasteiger charge is -2.32. The van der Waals surface area contributed by atoms with Crippen LogP contribution in [-0.2, 0) is 10.4 Å². The largest absolute Gasteiger partial charge is 0.493 e.